The molecular weight excluding hydrogens is 366 g/mol. The molecule has 0 saturated carbocycles. The van der Waals surface area contributed by atoms with Crippen LogP contribution < -0.4 is 16.4 Å². The molecule has 0 aromatic carbocycles. The highest BCUT2D eigenvalue weighted by molar-refractivity contribution is 5.84. The van der Waals surface area contributed by atoms with Gasteiger partial charge in [0.05, 0.1) is 24.8 Å². The van der Waals surface area contributed by atoms with E-state index in [9.17, 15) is 34.8 Å². The molecule has 0 aromatic heterocycles. The maximum atomic E-state index is 12.4. The van der Waals surface area contributed by atoms with Gasteiger partial charge in [-0.05, 0) is 6.92 Å². The molecule has 1 rings (SSSR count). The third kappa shape index (κ3) is 5.65. The molecule has 0 radical (unpaired) electrons. The first-order chi connectivity index (χ1) is 12.5. The second kappa shape index (κ2) is 9.50. The van der Waals surface area contributed by atoms with Crippen LogP contribution in [0, 0.1) is 0 Å². The molecule has 0 aromatic rings. The summed E-state index contributed by atoms with van der Waals surface area (Å²) < 4.78 is 5.24. The lowest BCUT2D eigenvalue weighted by Gasteiger charge is -2.45. The van der Waals surface area contributed by atoms with E-state index in [1.54, 1.807) is 0 Å². The van der Waals surface area contributed by atoms with Crippen molar-refractivity contribution in [1.82, 2.24) is 10.6 Å². The van der Waals surface area contributed by atoms with E-state index in [4.69, 9.17) is 15.6 Å². The van der Waals surface area contributed by atoms with Crippen molar-refractivity contribution in [3.8, 4) is 0 Å². The van der Waals surface area contributed by atoms with Crippen LogP contribution >= 0.6 is 0 Å². The van der Waals surface area contributed by atoms with Crippen LogP contribution in [0.25, 0.3) is 0 Å². The summed E-state index contributed by atoms with van der Waals surface area (Å²) >= 11 is 0. The summed E-state index contributed by atoms with van der Waals surface area (Å²) in [7, 11) is 0. The second-order valence-corrected chi connectivity index (χ2v) is 6.58. The van der Waals surface area contributed by atoms with Crippen LogP contribution in [-0.4, -0.2) is 98.6 Å². The highest BCUT2D eigenvalue weighted by Gasteiger charge is 2.53. The molecule has 1 fully saturated rings. The predicted molar refractivity (Wildman–Crippen MR) is 88.8 cm³/mol. The van der Waals surface area contributed by atoms with Crippen molar-refractivity contribution in [2.45, 2.75) is 68.6 Å². The van der Waals surface area contributed by atoms with Gasteiger partial charge in [-0.25, -0.2) is 0 Å². The van der Waals surface area contributed by atoms with Gasteiger partial charge in [0, 0.05) is 19.4 Å². The molecule has 9 N–H and O–H groups in total. The van der Waals surface area contributed by atoms with Crippen LogP contribution in [0.5, 0.6) is 0 Å². The number of aliphatic hydroxyl groups excluding tert-OH is 4. The normalized spacial score (nSPS) is 32.7. The minimum Gasteiger partial charge on any atom is -0.394 e. The Morgan fingerprint density at radius 1 is 1.41 bits per heavy atom. The molecule has 12 heteroatoms. The Morgan fingerprint density at radius 2 is 2.00 bits per heavy atom. The Hall–Kier alpha value is -1.67. The maximum Gasteiger partial charge on any atom is 0.280 e. The molecule has 27 heavy (non-hydrogen) atoms. The minimum atomic E-state index is -2.65. The Morgan fingerprint density at radius 3 is 2.48 bits per heavy atom. The first-order valence-electron chi connectivity index (χ1n) is 8.31. The first kappa shape index (κ1) is 23.4. The van der Waals surface area contributed by atoms with Gasteiger partial charge in [-0.3, -0.25) is 9.59 Å². The topological polar surface area (TPSA) is 212 Å². The number of nitrogens with one attached hydrogen (secondary N) is 2. The maximum absolute atomic E-state index is 12.4. The number of carbonyl (C=O) groups excluding carboxylic acids is 3. The van der Waals surface area contributed by atoms with Crippen molar-refractivity contribution in [3.05, 3.63) is 0 Å². The standard InChI is InChI=1S/C15H27N3O9/c1-6(8(16)4-19)17-14(25)15(26)3-9(22)11(18-7(2)21)13(27-15)12(24)10(23)5-20/h4,6,8-13,20,22-24,26H,3,5,16H2,1-2H3,(H,17,25)(H,18,21). The number of aldehydes is 1. The predicted octanol–water partition coefficient (Wildman–Crippen LogP) is -4.93. The molecule has 1 aliphatic heterocycles. The zero-order valence-electron chi connectivity index (χ0n) is 15.0. The van der Waals surface area contributed by atoms with Crippen molar-refractivity contribution in [2.75, 3.05) is 6.61 Å². The number of ether oxygens (including phenoxy) is 1. The third-order valence-corrected chi connectivity index (χ3v) is 4.32. The van der Waals surface area contributed by atoms with Gasteiger partial charge in [-0.15, -0.1) is 0 Å². The molecule has 1 heterocycles. The quantitative estimate of drug-likeness (QED) is 0.184. The number of carbonyl (C=O) groups is 3. The fourth-order valence-electron chi connectivity index (χ4n) is 2.68. The van der Waals surface area contributed by atoms with Crippen molar-refractivity contribution >= 4 is 18.1 Å². The van der Waals surface area contributed by atoms with Crippen LogP contribution in [0.1, 0.15) is 20.3 Å². The summed E-state index contributed by atoms with van der Waals surface area (Å²) in [6, 6.07) is -3.21. The van der Waals surface area contributed by atoms with E-state index in [1.807, 2.05) is 0 Å². The number of nitrogens with two attached hydrogens (primary N) is 1. The summed E-state index contributed by atoms with van der Waals surface area (Å²) in [5, 5.41) is 54.2. The van der Waals surface area contributed by atoms with Crippen LogP contribution in [0.3, 0.4) is 0 Å². The highest BCUT2D eigenvalue weighted by Crippen LogP contribution is 2.30. The van der Waals surface area contributed by atoms with Gasteiger partial charge in [0.25, 0.3) is 5.91 Å². The van der Waals surface area contributed by atoms with Gasteiger partial charge in [-0.2, -0.15) is 0 Å². The molecule has 0 aliphatic carbocycles. The fourth-order valence-corrected chi connectivity index (χ4v) is 2.68. The summed E-state index contributed by atoms with van der Waals surface area (Å²) in [6.45, 7) is 1.66. The monoisotopic (exact) mass is 393 g/mol. The molecule has 1 saturated heterocycles. The summed E-state index contributed by atoms with van der Waals surface area (Å²) in [5.74, 6) is -4.38. The first-order valence-corrected chi connectivity index (χ1v) is 8.31. The van der Waals surface area contributed by atoms with E-state index in [1.165, 1.54) is 6.92 Å². The molecule has 2 amide bonds. The number of aliphatic hydroxyl groups is 5. The SMILES string of the molecule is CC(=O)NC1C(O)CC(O)(C(=O)NC(C)C(N)C=O)OC1C(O)C(O)CO. The van der Waals surface area contributed by atoms with E-state index in [-0.39, 0.29) is 0 Å². The van der Waals surface area contributed by atoms with Crippen LogP contribution in [0.2, 0.25) is 0 Å². The average Bonchev–Trinajstić information content (AvgIpc) is 2.61. The molecule has 0 bridgehead atoms. The smallest absolute Gasteiger partial charge is 0.280 e. The van der Waals surface area contributed by atoms with Crippen LogP contribution in [0.15, 0.2) is 0 Å². The number of amides is 2. The highest BCUT2D eigenvalue weighted by atomic mass is 16.6. The zero-order chi connectivity index (χ0) is 20.9. The lowest BCUT2D eigenvalue weighted by molar-refractivity contribution is -0.287. The Kier molecular flexibility index (Phi) is 8.23. The third-order valence-electron chi connectivity index (χ3n) is 4.32. The van der Waals surface area contributed by atoms with Crippen LogP contribution in [-0.2, 0) is 19.1 Å². The Bertz CT molecular complexity index is 549. The molecule has 156 valence electrons. The van der Waals surface area contributed by atoms with Crippen molar-refractivity contribution in [1.29, 1.82) is 0 Å². The Labute approximate surface area is 155 Å². The van der Waals surface area contributed by atoms with Gasteiger partial charge < -0.3 is 51.4 Å². The average molecular weight is 393 g/mol. The number of hydrogen-bond donors (Lipinski definition) is 8. The van der Waals surface area contributed by atoms with Gasteiger partial charge in [-0.1, -0.05) is 0 Å². The molecule has 8 unspecified atom stereocenters. The Balaban J connectivity index is 3.08. The van der Waals surface area contributed by atoms with E-state index >= 15 is 0 Å². The van der Waals surface area contributed by atoms with Gasteiger partial charge >= 0.3 is 0 Å². The summed E-state index contributed by atoms with van der Waals surface area (Å²) in [4.78, 5) is 34.4. The zero-order valence-corrected chi connectivity index (χ0v) is 15.0. The van der Waals surface area contributed by atoms with Crippen molar-refractivity contribution in [2.24, 2.45) is 5.73 Å². The lowest BCUT2D eigenvalue weighted by atomic mass is 9.88. The second-order valence-electron chi connectivity index (χ2n) is 6.58. The van der Waals surface area contributed by atoms with E-state index in [0.717, 1.165) is 6.92 Å². The molecule has 8 atom stereocenters. The number of hydrogen-bond acceptors (Lipinski definition) is 10. The van der Waals surface area contributed by atoms with Gasteiger partial charge in [0.1, 0.15) is 24.6 Å². The van der Waals surface area contributed by atoms with E-state index < -0.39 is 73.2 Å². The summed E-state index contributed by atoms with van der Waals surface area (Å²) in [6.07, 6.45) is -7.04. The molecule has 1 aliphatic rings. The molecule has 0 spiro atoms. The fraction of sp³-hybridized carbons (Fsp3) is 0.800. The van der Waals surface area contributed by atoms with E-state index in [2.05, 4.69) is 10.6 Å². The van der Waals surface area contributed by atoms with Gasteiger partial charge in [0.15, 0.2) is 0 Å². The van der Waals surface area contributed by atoms with Crippen LogP contribution in [0.4, 0.5) is 0 Å². The van der Waals surface area contributed by atoms with Gasteiger partial charge in [0.2, 0.25) is 11.7 Å². The number of rotatable bonds is 8. The minimum absolute atomic E-state index is 0.391. The largest absolute Gasteiger partial charge is 0.394 e. The van der Waals surface area contributed by atoms with E-state index in [0.29, 0.717) is 6.29 Å². The van der Waals surface area contributed by atoms with Crippen molar-refractivity contribution < 1.29 is 44.7 Å². The molecular formula is C15H27N3O9. The lowest BCUT2D eigenvalue weighted by Crippen LogP contribution is -2.69. The van der Waals surface area contributed by atoms with Crippen molar-refractivity contribution in [3.63, 3.8) is 0 Å². The summed E-state index contributed by atoms with van der Waals surface area (Å²) in [5.41, 5.74) is 5.47. The molecule has 12 nitrogen and oxygen atoms in total.